The number of fused-ring (bicyclic) bond motifs is 1. The number of nitrogens with zero attached hydrogens (tertiary/aromatic N) is 3. The summed E-state index contributed by atoms with van der Waals surface area (Å²) >= 11 is 0. The third-order valence-corrected chi connectivity index (χ3v) is 6.54. The standard InChI is InChI=1S/C30H20F5N3O4/c1-14-8-15(2)10-18(9-14)38-24-13-17(30(33,34)35)12-22(32)25(24)26(28(38)40)37-36-23-5-3-4-19(27(23)39)16-6-7-21(31)20(11-16)29(41)42/h3-13,39-40H,1-2H3,(H,41,42). The van der Waals surface area contributed by atoms with Crippen molar-refractivity contribution in [2.45, 2.75) is 20.0 Å². The van der Waals surface area contributed by atoms with E-state index in [-0.39, 0.29) is 28.0 Å². The molecule has 0 saturated heterocycles. The zero-order valence-corrected chi connectivity index (χ0v) is 21.8. The second-order valence-electron chi connectivity index (χ2n) is 9.58. The lowest BCUT2D eigenvalue weighted by molar-refractivity contribution is -0.137. The first-order valence-electron chi connectivity index (χ1n) is 12.3. The molecular formula is C30H20F5N3O4. The highest BCUT2D eigenvalue weighted by molar-refractivity contribution is 5.97. The number of rotatable bonds is 5. The first-order chi connectivity index (χ1) is 19.8. The maximum absolute atomic E-state index is 15.3. The molecule has 0 aliphatic rings. The Morgan fingerprint density at radius 3 is 2.19 bits per heavy atom. The summed E-state index contributed by atoms with van der Waals surface area (Å²) in [5.74, 6) is -5.00. The number of aromatic nitrogens is 1. The molecule has 5 aromatic rings. The number of phenols is 1. The summed E-state index contributed by atoms with van der Waals surface area (Å²) in [6.45, 7) is 3.50. The first kappa shape index (κ1) is 28.3. The van der Waals surface area contributed by atoms with Crippen LogP contribution in [-0.2, 0) is 6.18 Å². The molecule has 0 spiro atoms. The third kappa shape index (κ3) is 5.02. The van der Waals surface area contributed by atoms with Gasteiger partial charge in [0.2, 0.25) is 5.88 Å². The van der Waals surface area contributed by atoms with Gasteiger partial charge in [-0.15, -0.1) is 10.2 Å². The van der Waals surface area contributed by atoms with Gasteiger partial charge in [0.1, 0.15) is 17.3 Å². The highest BCUT2D eigenvalue weighted by Gasteiger charge is 2.34. The minimum absolute atomic E-state index is 0.0665. The van der Waals surface area contributed by atoms with Crippen LogP contribution in [0.1, 0.15) is 27.0 Å². The summed E-state index contributed by atoms with van der Waals surface area (Å²) in [5, 5.41) is 38.7. The van der Waals surface area contributed by atoms with Gasteiger partial charge in [0.15, 0.2) is 11.4 Å². The number of aromatic hydroxyl groups is 2. The Balaban J connectivity index is 1.70. The molecule has 7 nitrogen and oxygen atoms in total. The number of aromatic carboxylic acids is 1. The van der Waals surface area contributed by atoms with Crippen LogP contribution in [0.3, 0.4) is 0 Å². The molecule has 5 rings (SSSR count). The van der Waals surface area contributed by atoms with Crippen molar-refractivity contribution in [3.05, 3.63) is 101 Å². The minimum atomic E-state index is -4.88. The van der Waals surface area contributed by atoms with Crippen LogP contribution in [0.4, 0.5) is 33.3 Å². The highest BCUT2D eigenvalue weighted by Crippen LogP contribution is 2.46. The van der Waals surface area contributed by atoms with E-state index in [0.29, 0.717) is 12.1 Å². The number of para-hydroxylation sites is 1. The molecule has 1 aromatic heterocycles. The minimum Gasteiger partial charge on any atom is -0.505 e. The molecule has 3 N–H and O–H groups in total. The molecule has 0 aliphatic heterocycles. The van der Waals surface area contributed by atoms with Crippen molar-refractivity contribution >= 4 is 28.2 Å². The second kappa shape index (κ2) is 10.3. The van der Waals surface area contributed by atoms with Gasteiger partial charge in [-0.1, -0.05) is 24.3 Å². The Morgan fingerprint density at radius 2 is 1.55 bits per heavy atom. The molecule has 0 fully saturated rings. The molecule has 12 heteroatoms. The molecule has 0 bridgehead atoms. The summed E-state index contributed by atoms with van der Waals surface area (Å²) < 4.78 is 71.0. The number of carboxylic acid groups (broad SMARTS) is 1. The van der Waals surface area contributed by atoms with E-state index in [1.807, 2.05) is 6.07 Å². The van der Waals surface area contributed by atoms with Gasteiger partial charge in [-0.25, -0.2) is 13.6 Å². The zero-order valence-electron chi connectivity index (χ0n) is 21.8. The molecule has 0 atom stereocenters. The Hall–Kier alpha value is -5.26. The lowest BCUT2D eigenvalue weighted by atomic mass is 10.0. The lowest BCUT2D eigenvalue weighted by Gasteiger charge is -2.11. The molecule has 0 aliphatic carbocycles. The van der Waals surface area contributed by atoms with Gasteiger partial charge in [0, 0.05) is 11.3 Å². The van der Waals surface area contributed by atoms with E-state index >= 15 is 4.39 Å². The van der Waals surface area contributed by atoms with Crippen molar-refractivity contribution in [2.75, 3.05) is 0 Å². The third-order valence-electron chi connectivity index (χ3n) is 6.54. The first-order valence-corrected chi connectivity index (χ1v) is 12.3. The number of hydrogen-bond acceptors (Lipinski definition) is 5. The van der Waals surface area contributed by atoms with E-state index in [9.17, 15) is 37.7 Å². The van der Waals surface area contributed by atoms with Crippen molar-refractivity contribution in [2.24, 2.45) is 10.2 Å². The van der Waals surface area contributed by atoms with Crippen LogP contribution in [-0.4, -0.2) is 25.9 Å². The SMILES string of the molecule is Cc1cc(C)cc(-n2c(O)c(N=Nc3cccc(-c4ccc(F)c(C(=O)O)c4)c3O)c3c(F)cc(C(F)(F)F)cc32)c1. The highest BCUT2D eigenvalue weighted by atomic mass is 19.4. The summed E-state index contributed by atoms with van der Waals surface area (Å²) in [6, 6.07) is 13.3. The van der Waals surface area contributed by atoms with Gasteiger partial charge in [0.25, 0.3) is 0 Å². The monoisotopic (exact) mass is 581 g/mol. The smallest absolute Gasteiger partial charge is 0.416 e. The maximum atomic E-state index is 15.3. The Labute approximate surface area is 234 Å². The summed E-state index contributed by atoms with van der Waals surface area (Å²) in [7, 11) is 0. The maximum Gasteiger partial charge on any atom is 0.416 e. The number of azo groups is 1. The molecule has 4 aromatic carbocycles. The van der Waals surface area contributed by atoms with Crippen LogP contribution in [0.2, 0.25) is 0 Å². The van der Waals surface area contributed by atoms with E-state index in [0.717, 1.165) is 27.8 Å². The van der Waals surface area contributed by atoms with E-state index < -0.39 is 57.6 Å². The van der Waals surface area contributed by atoms with Crippen molar-refractivity contribution in [3.8, 4) is 28.4 Å². The van der Waals surface area contributed by atoms with E-state index in [1.54, 1.807) is 26.0 Å². The lowest BCUT2D eigenvalue weighted by Crippen LogP contribution is -2.06. The molecule has 0 saturated carbocycles. The molecule has 42 heavy (non-hydrogen) atoms. The second-order valence-corrected chi connectivity index (χ2v) is 9.58. The zero-order chi connectivity index (χ0) is 30.5. The van der Waals surface area contributed by atoms with Crippen molar-refractivity contribution in [3.63, 3.8) is 0 Å². The normalized spacial score (nSPS) is 12.0. The predicted molar refractivity (Wildman–Crippen MR) is 144 cm³/mol. The van der Waals surface area contributed by atoms with Gasteiger partial charge in [-0.05, 0) is 73.0 Å². The molecule has 0 radical (unpaired) electrons. The number of phenolic OH excluding ortho intramolecular Hbond substituents is 1. The van der Waals surface area contributed by atoms with Crippen LogP contribution in [0.25, 0.3) is 27.7 Å². The van der Waals surface area contributed by atoms with Crippen LogP contribution in [0, 0.1) is 25.5 Å². The fourth-order valence-electron chi connectivity index (χ4n) is 4.74. The van der Waals surface area contributed by atoms with Crippen LogP contribution < -0.4 is 0 Å². The number of carboxylic acids is 1. The number of aryl methyl sites for hydroxylation is 2. The quantitative estimate of drug-likeness (QED) is 0.142. The van der Waals surface area contributed by atoms with Crippen LogP contribution in [0.15, 0.2) is 77.0 Å². The van der Waals surface area contributed by atoms with Crippen molar-refractivity contribution in [1.29, 1.82) is 0 Å². The van der Waals surface area contributed by atoms with Crippen molar-refractivity contribution in [1.82, 2.24) is 4.57 Å². The molecule has 214 valence electrons. The summed E-state index contributed by atoms with van der Waals surface area (Å²) in [4.78, 5) is 11.3. The topological polar surface area (TPSA) is 107 Å². The summed E-state index contributed by atoms with van der Waals surface area (Å²) in [5.41, 5.74) is -0.981. The average Bonchev–Trinajstić information content (AvgIpc) is 3.18. The fourth-order valence-corrected chi connectivity index (χ4v) is 4.74. The molecule has 0 amide bonds. The number of benzene rings is 4. The van der Waals surface area contributed by atoms with Crippen molar-refractivity contribution < 1.29 is 42.1 Å². The van der Waals surface area contributed by atoms with Crippen LogP contribution in [0.5, 0.6) is 11.6 Å². The van der Waals surface area contributed by atoms with E-state index in [1.165, 1.54) is 24.3 Å². The van der Waals surface area contributed by atoms with Gasteiger partial charge < -0.3 is 15.3 Å². The van der Waals surface area contributed by atoms with Gasteiger partial charge in [0.05, 0.1) is 22.0 Å². The van der Waals surface area contributed by atoms with Crippen LogP contribution >= 0.6 is 0 Å². The van der Waals surface area contributed by atoms with Gasteiger partial charge in [-0.2, -0.15) is 13.2 Å². The number of halogens is 5. The van der Waals surface area contributed by atoms with Gasteiger partial charge in [-0.3, -0.25) is 4.57 Å². The molecule has 0 unspecified atom stereocenters. The largest absolute Gasteiger partial charge is 0.505 e. The number of alkyl halides is 3. The Morgan fingerprint density at radius 1 is 0.857 bits per heavy atom. The number of hydrogen-bond donors (Lipinski definition) is 3. The van der Waals surface area contributed by atoms with Gasteiger partial charge >= 0.3 is 12.1 Å². The number of carbonyl (C=O) groups is 1. The fraction of sp³-hybridized carbons (Fsp3) is 0.100. The predicted octanol–water partition coefficient (Wildman–Crippen LogP) is 8.74. The molecular weight excluding hydrogens is 561 g/mol. The molecule has 1 heterocycles. The van der Waals surface area contributed by atoms with E-state index in [2.05, 4.69) is 10.2 Å². The van der Waals surface area contributed by atoms with E-state index in [4.69, 9.17) is 0 Å². The Bertz CT molecular complexity index is 1910. The summed E-state index contributed by atoms with van der Waals surface area (Å²) in [6.07, 6.45) is -4.88. The Kier molecular flexibility index (Phi) is 6.93. The average molecular weight is 581 g/mol.